The Morgan fingerprint density at radius 1 is 0.267 bits per heavy atom. The van der Waals surface area contributed by atoms with Crippen LogP contribution in [0.5, 0.6) is 0 Å². The van der Waals surface area contributed by atoms with E-state index in [0.29, 0.717) is 33.4 Å². The molecule has 20 aromatic rings. The van der Waals surface area contributed by atoms with Gasteiger partial charge in [-0.2, -0.15) is 0 Å². The summed E-state index contributed by atoms with van der Waals surface area (Å²) in [6.07, 6.45) is -6.05. The molecule has 14 aromatic carbocycles. The van der Waals surface area contributed by atoms with E-state index in [4.69, 9.17) is 39.6 Å². The first-order valence-electron chi connectivity index (χ1n) is 53.8. The molecule has 6 heterocycles. The van der Waals surface area contributed by atoms with Crippen LogP contribution in [0.3, 0.4) is 0 Å². The molecule has 0 amide bonds. The topological polar surface area (TPSA) is 52.6 Å². The summed E-state index contributed by atoms with van der Waals surface area (Å²) in [5, 5.41) is 12.8. The van der Waals surface area contributed by atoms with Gasteiger partial charge in [0.15, 0.2) is 0 Å². The minimum Gasteiger partial charge on any atom is -0.456 e. The largest absolute Gasteiger partial charge is 0.456 e. The quantitative estimate of drug-likeness (QED) is 0.172. The molecule has 674 valence electrons. The zero-order valence-corrected chi connectivity index (χ0v) is 83.0. The van der Waals surface area contributed by atoms with Gasteiger partial charge >= 0.3 is 0 Å². The molecule has 0 bridgehead atoms. The maximum Gasteiger partial charge on any atom is 0.139 e. The van der Waals surface area contributed by atoms with Crippen LogP contribution >= 0.6 is 22.7 Å². The summed E-state index contributed by atoms with van der Waals surface area (Å²) < 4.78 is 158. The number of furan rings is 4. The molecule has 0 fully saturated rings. The third-order valence-electron chi connectivity index (χ3n) is 25.0. The van der Waals surface area contributed by atoms with Gasteiger partial charge in [0.1, 0.15) is 44.7 Å². The van der Waals surface area contributed by atoms with E-state index in [0.717, 1.165) is 164 Å². The van der Waals surface area contributed by atoms with Crippen LogP contribution in [0, 0.1) is 13.7 Å². The molecule has 0 radical (unpaired) electrons. The highest BCUT2D eigenvalue weighted by Gasteiger charge is 2.30. The molecule has 4 nitrogen and oxygen atoms in total. The lowest BCUT2D eigenvalue weighted by Crippen LogP contribution is -2.14. The smallest absolute Gasteiger partial charge is 0.139 e. The van der Waals surface area contributed by atoms with Crippen molar-refractivity contribution in [3.8, 4) is 11.1 Å². The Balaban J connectivity index is 0.000000129. The van der Waals surface area contributed by atoms with Crippen molar-refractivity contribution in [1.29, 1.82) is 0 Å². The van der Waals surface area contributed by atoms with E-state index in [9.17, 15) is 0 Å². The normalized spacial score (nSPS) is 15.1. The fourth-order valence-corrected chi connectivity index (χ4v) is 21.1. The van der Waals surface area contributed by atoms with Crippen molar-refractivity contribution in [3.63, 3.8) is 0 Å². The standard InChI is InChI=1S/4C18H20O.C18H20S.C18H20.C17H18S/c1-5-12-10-17-14(11-15(12)18(2,3)4)13-8-6-7-9-16(13)19-17;1-5-12-15(18(2,3)4)11-10-14-13-8-6-7-9-16(13)19-17(12)14;1-5-12-10-11-14-13-8-6-7-9-15(13)19-17(14)16(12)18(2,3)4;2*1-5-12-10-11-15-16(17(12)18(2,3)4)13-8-6-7-9-14(13)19-15;1-12-9-16-14(11-17(12)18(2,3)4)10-13-7-5-6-8-15(13)16;1-11-13(17(2,3)4)9-10-15-16(11)12-7-5-6-8-14(12)18-15/h5*6-11H,5H2,1-4H3;5-9,11H,10H2,1-4H3;5-10H,1-4H3/i5*5D2;2*1D3. The fraction of sp³-hybridized carbons (Fsp3) is 0.328. The Morgan fingerprint density at radius 2 is 0.687 bits per heavy atom. The molecule has 1 aliphatic rings. The van der Waals surface area contributed by atoms with Crippen LogP contribution in [0.1, 0.15) is 291 Å². The van der Waals surface area contributed by atoms with Gasteiger partial charge in [-0.25, -0.2) is 0 Å². The Labute approximate surface area is 810 Å². The van der Waals surface area contributed by atoms with E-state index in [1.165, 1.54) is 36.9 Å². The van der Waals surface area contributed by atoms with E-state index < -0.39 is 45.6 Å². The van der Waals surface area contributed by atoms with Gasteiger partial charge in [-0.1, -0.05) is 368 Å². The van der Waals surface area contributed by atoms with Crippen molar-refractivity contribution in [2.75, 3.05) is 0 Å². The Hall–Kier alpha value is -11.3. The van der Waals surface area contributed by atoms with Crippen LogP contribution in [-0.4, -0.2) is 0 Å². The van der Waals surface area contributed by atoms with Crippen LogP contribution in [0.15, 0.2) is 272 Å². The first-order chi connectivity index (χ1) is 67.8. The van der Waals surface area contributed by atoms with Crippen LogP contribution in [0.4, 0.5) is 0 Å². The van der Waals surface area contributed by atoms with Gasteiger partial charge in [0, 0.05) is 111 Å². The van der Waals surface area contributed by atoms with Gasteiger partial charge < -0.3 is 17.7 Å². The number of aryl methyl sites for hydroxylation is 7. The molecule has 0 saturated heterocycles. The van der Waals surface area contributed by atoms with Crippen LogP contribution in [-0.2, 0) is 76.2 Å². The van der Waals surface area contributed by atoms with Crippen LogP contribution in [0.2, 0.25) is 0 Å². The van der Waals surface area contributed by atoms with Crippen LogP contribution in [0.25, 0.3) is 139 Å². The average molecular weight is 1780 g/mol. The maximum atomic E-state index is 8.26. The van der Waals surface area contributed by atoms with E-state index in [-0.39, 0.29) is 37.9 Å². The second-order valence-corrected chi connectivity index (χ2v) is 43.9. The molecule has 0 aliphatic heterocycles. The summed E-state index contributed by atoms with van der Waals surface area (Å²) in [7, 11) is 0. The minimum atomic E-state index is -2.11. The van der Waals surface area contributed by atoms with Crippen molar-refractivity contribution in [3.05, 3.63) is 344 Å². The third kappa shape index (κ3) is 19.1. The number of fused-ring (bicyclic) bond motifs is 21. The predicted octanol–water partition coefficient (Wildman–Crippen LogP) is 38.2. The molecule has 1 aliphatic carbocycles. The van der Waals surface area contributed by atoms with Crippen molar-refractivity contribution >= 4 is 151 Å². The van der Waals surface area contributed by atoms with E-state index in [1.54, 1.807) is 57.3 Å². The molecule has 0 spiro atoms. The van der Waals surface area contributed by atoms with Crippen molar-refractivity contribution < 1.29 is 39.6 Å². The maximum absolute atomic E-state index is 8.26. The fourth-order valence-electron chi connectivity index (χ4n) is 18.9. The van der Waals surface area contributed by atoms with Gasteiger partial charge in [0.05, 0.1) is 0 Å². The van der Waals surface area contributed by atoms with Gasteiger partial charge in [0.2, 0.25) is 0 Å². The van der Waals surface area contributed by atoms with Gasteiger partial charge in [-0.15, -0.1) is 22.7 Å². The summed E-state index contributed by atoms with van der Waals surface area (Å²) >= 11 is 3.45. The second kappa shape index (κ2) is 37.1. The Kier molecular flexibility index (Phi) is 21.3. The third-order valence-corrected chi connectivity index (χ3v) is 27.3. The average Bonchev–Trinajstić information content (AvgIpc) is 1.62. The van der Waals surface area contributed by atoms with Gasteiger partial charge in [0.25, 0.3) is 0 Å². The predicted molar refractivity (Wildman–Crippen MR) is 575 cm³/mol. The van der Waals surface area contributed by atoms with Gasteiger partial charge in [-0.3, -0.25) is 0 Å². The number of para-hydroxylation sites is 4. The van der Waals surface area contributed by atoms with E-state index in [1.807, 2.05) is 182 Å². The molecule has 0 N–H and O–H groups in total. The van der Waals surface area contributed by atoms with Crippen molar-refractivity contribution in [2.24, 2.45) is 0 Å². The number of hydrogen-bond acceptors (Lipinski definition) is 6. The molecule has 6 aromatic heterocycles. The zero-order valence-electron chi connectivity index (χ0n) is 97.4. The molecular weight excluding hydrogens is 1630 g/mol. The molecular formula is C125H138O4S2. The van der Waals surface area contributed by atoms with Crippen LogP contribution < -0.4 is 0 Å². The molecule has 0 atom stereocenters. The molecule has 0 saturated carbocycles. The zero-order chi connectivity index (χ0) is 108. The summed E-state index contributed by atoms with van der Waals surface area (Å²) in [6, 6.07) is 84.3. The van der Waals surface area contributed by atoms with E-state index in [2.05, 4.69) is 218 Å². The second-order valence-electron chi connectivity index (χ2n) is 41.7. The number of benzene rings is 14. The highest BCUT2D eigenvalue weighted by molar-refractivity contribution is 7.26. The molecule has 6 heteroatoms. The van der Waals surface area contributed by atoms with Crippen molar-refractivity contribution in [1.82, 2.24) is 0 Å². The van der Waals surface area contributed by atoms with E-state index >= 15 is 0 Å². The lowest BCUT2D eigenvalue weighted by Gasteiger charge is -2.24. The summed E-state index contributed by atoms with van der Waals surface area (Å²) in [5.41, 5.74) is 21.9. The summed E-state index contributed by atoms with van der Waals surface area (Å²) in [4.78, 5) is 0. The lowest BCUT2D eigenvalue weighted by atomic mass is 9.80. The first kappa shape index (κ1) is 75.3. The highest BCUT2D eigenvalue weighted by atomic mass is 32.1. The lowest BCUT2D eigenvalue weighted by molar-refractivity contribution is 0.566. The first-order valence-corrected chi connectivity index (χ1v) is 47.4. The highest BCUT2D eigenvalue weighted by Crippen LogP contribution is 2.48. The monoisotopic (exact) mass is 1780 g/mol. The molecule has 131 heavy (non-hydrogen) atoms. The SMILES string of the molecule is [2H]C([2H])(C)c1c(C(C)(C)C)ccc2c1oc1ccccc12.[2H]C([2H])(C)c1cc2oc3ccccc3c2cc1C(C)(C)C.[2H]C([2H])(C)c1ccc2c(oc3ccccc32)c1C(C)(C)C.[2H]C([2H])(C)c1ccc2oc3ccccc3c2c1C(C)(C)C.[2H]C([2H])(C)c1ccc2sc3ccccc3c2c1C(C)(C)C.[2H]C([2H])([2H])c1c(C(C)(C)C)ccc2sc3ccccc3c12.[2H]C([2H])([2H])c1cc2c(cc1C(C)(C)C)Cc1ccccc1-2. The Morgan fingerprint density at radius 3 is 1.22 bits per heavy atom. The summed E-state index contributed by atoms with van der Waals surface area (Å²) in [5.74, 6) is 0. The minimum absolute atomic E-state index is 0.0952. The number of hydrogen-bond donors (Lipinski definition) is 0. The number of thiophene rings is 2. The Bertz CT molecular complexity index is 7800. The van der Waals surface area contributed by atoms with Crippen molar-refractivity contribution in [2.45, 2.75) is 270 Å². The number of rotatable bonds is 5. The van der Waals surface area contributed by atoms with Gasteiger partial charge in [-0.05, 0) is 251 Å². The summed E-state index contributed by atoms with van der Waals surface area (Å²) in [6.45, 7) is 48.2. The molecule has 0 unspecified atom stereocenters. The molecule has 21 rings (SSSR count).